The van der Waals surface area contributed by atoms with Gasteiger partial charge in [0.2, 0.25) is 0 Å². The molecule has 0 aliphatic heterocycles. The molecule has 14 aromatic rings. The molecule has 0 bridgehead atoms. The SMILES string of the molecule is C1=CC(n2c3ccc(-c4ccc5c(c4)c4ccccc4n5-c4ccccc4)cc3c3cc(-c4ccc5c(c4)c4ccccc4n5-c4ccccc4)ccc32)CC=C1c1cccc2c1oc1ccccc12. The molecule has 4 aromatic heterocycles. The summed E-state index contributed by atoms with van der Waals surface area (Å²) in [6, 6.07) is 82.1. The van der Waals surface area contributed by atoms with Crippen LogP contribution in [0, 0.1) is 0 Å². The fraction of sp³-hybridized carbons (Fsp3) is 0.0303. The van der Waals surface area contributed by atoms with Crippen LogP contribution < -0.4 is 0 Å². The van der Waals surface area contributed by atoms with E-state index in [4.69, 9.17) is 4.42 Å². The number of fused-ring (bicyclic) bond motifs is 12. The Labute approximate surface area is 403 Å². The fourth-order valence-electron chi connectivity index (χ4n) is 11.8. The Morgan fingerprint density at radius 2 is 0.800 bits per heavy atom. The first kappa shape index (κ1) is 38.9. The van der Waals surface area contributed by atoms with Crippen LogP contribution in [0.25, 0.3) is 127 Å². The lowest BCUT2D eigenvalue weighted by Crippen LogP contribution is -2.08. The number of rotatable bonds is 6. The number of aromatic nitrogens is 3. The number of furan rings is 1. The van der Waals surface area contributed by atoms with Gasteiger partial charge in [0, 0.05) is 71.1 Å². The van der Waals surface area contributed by atoms with Gasteiger partial charge in [-0.3, -0.25) is 0 Å². The summed E-state index contributed by atoms with van der Waals surface area (Å²) in [5, 5.41) is 9.80. The molecule has 0 amide bonds. The molecule has 70 heavy (non-hydrogen) atoms. The fourth-order valence-corrected chi connectivity index (χ4v) is 11.8. The zero-order valence-corrected chi connectivity index (χ0v) is 38.1. The predicted octanol–water partition coefficient (Wildman–Crippen LogP) is 17.8. The molecule has 1 atom stereocenters. The van der Waals surface area contributed by atoms with Gasteiger partial charge in [-0.05, 0) is 125 Å². The third kappa shape index (κ3) is 5.83. The van der Waals surface area contributed by atoms with Gasteiger partial charge >= 0.3 is 0 Å². The van der Waals surface area contributed by atoms with Crippen LogP contribution in [-0.2, 0) is 0 Å². The van der Waals surface area contributed by atoms with Crippen molar-refractivity contribution in [3.8, 4) is 33.6 Å². The minimum absolute atomic E-state index is 0.122. The Bertz CT molecular complexity index is 4280. The minimum atomic E-state index is 0.122. The molecule has 4 nitrogen and oxygen atoms in total. The van der Waals surface area contributed by atoms with Crippen LogP contribution >= 0.6 is 0 Å². The Kier molecular flexibility index (Phi) is 8.45. The van der Waals surface area contributed by atoms with Crippen LogP contribution in [0.1, 0.15) is 18.0 Å². The molecule has 1 aliphatic carbocycles. The monoisotopic (exact) mass is 893 g/mol. The maximum atomic E-state index is 6.50. The van der Waals surface area contributed by atoms with E-state index in [9.17, 15) is 0 Å². The van der Waals surface area contributed by atoms with Crippen LogP contribution in [0.3, 0.4) is 0 Å². The van der Waals surface area contributed by atoms with Crippen molar-refractivity contribution in [2.24, 2.45) is 0 Å². The van der Waals surface area contributed by atoms with E-state index in [1.54, 1.807) is 0 Å². The van der Waals surface area contributed by atoms with Crippen molar-refractivity contribution >= 4 is 92.9 Å². The quantitative estimate of drug-likeness (QED) is 0.163. The Morgan fingerprint density at radius 3 is 1.33 bits per heavy atom. The second-order valence-corrected chi connectivity index (χ2v) is 18.8. The number of hydrogen-bond donors (Lipinski definition) is 0. The summed E-state index contributed by atoms with van der Waals surface area (Å²) in [5.41, 5.74) is 18.6. The van der Waals surface area contributed by atoms with Gasteiger partial charge in [-0.15, -0.1) is 0 Å². The topological polar surface area (TPSA) is 27.9 Å². The summed E-state index contributed by atoms with van der Waals surface area (Å²) < 4.78 is 13.8. The largest absolute Gasteiger partial charge is 0.455 e. The summed E-state index contributed by atoms with van der Waals surface area (Å²) in [7, 11) is 0. The van der Waals surface area contributed by atoms with Crippen LogP contribution in [0.15, 0.2) is 247 Å². The zero-order valence-electron chi connectivity index (χ0n) is 38.1. The molecule has 0 radical (unpaired) electrons. The van der Waals surface area contributed by atoms with Gasteiger partial charge in [-0.2, -0.15) is 0 Å². The standard InChI is InChI=1S/C66H43N3O/c1-3-14-47(15-4-1)67-59-23-10-7-18-51(59)55-38-43(28-34-61(55)67)45-30-36-63-57(40-45)58-41-46(44-29-35-62-56(39-44)52-19-8-11-24-60(52)68(62)48-16-5-2-6-17-48)31-37-64(58)69(63)49-32-26-42(27-33-49)50-21-13-22-54-53-20-9-12-25-65(53)70-66(50)54/h1-32,34-41,49H,33H2. The number of nitrogens with zero attached hydrogens (tertiary/aromatic N) is 3. The third-order valence-electron chi connectivity index (χ3n) is 15.0. The molecular formula is C66H43N3O. The molecule has 0 saturated carbocycles. The van der Waals surface area contributed by atoms with Crippen LogP contribution in [0.2, 0.25) is 0 Å². The van der Waals surface area contributed by atoms with Crippen molar-refractivity contribution in [2.45, 2.75) is 12.5 Å². The number of para-hydroxylation sites is 6. The van der Waals surface area contributed by atoms with Crippen molar-refractivity contribution in [2.75, 3.05) is 0 Å². The predicted molar refractivity (Wildman–Crippen MR) is 293 cm³/mol. The first-order valence-electron chi connectivity index (χ1n) is 24.3. The molecule has 328 valence electrons. The maximum Gasteiger partial charge on any atom is 0.143 e. The summed E-state index contributed by atoms with van der Waals surface area (Å²) >= 11 is 0. The number of hydrogen-bond acceptors (Lipinski definition) is 1. The van der Waals surface area contributed by atoms with Crippen LogP contribution in [0.5, 0.6) is 0 Å². The van der Waals surface area contributed by atoms with Gasteiger partial charge in [-0.25, -0.2) is 0 Å². The van der Waals surface area contributed by atoms with Crippen molar-refractivity contribution in [3.05, 3.63) is 248 Å². The smallest absolute Gasteiger partial charge is 0.143 e. The molecule has 10 aromatic carbocycles. The third-order valence-corrected chi connectivity index (χ3v) is 15.0. The van der Waals surface area contributed by atoms with Gasteiger partial charge < -0.3 is 18.1 Å². The second-order valence-electron chi connectivity index (χ2n) is 18.8. The summed E-state index contributed by atoms with van der Waals surface area (Å²) in [5.74, 6) is 0. The normalized spacial score (nSPS) is 14.1. The van der Waals surface area contributed by atoms with Crippen LogP contribution in [-0.4, -0.2) is 13.7 Å². The molecule has 0 saturated heterocycles. The molecule has 0 spiro atoms. The summed E-state index contributed by atoms with van der Waals surface area (Å²) in [6.45, 7) is 0. The van der Waals surface area contributed by atoms with E-state index in [1.807, 2.05) is 6.07 Å². The van der Waals surface area contributed by atoms with E-state index >= 15 is 0 Å². The van der Waals surface area contributed by atoms with Gasteiger partial charge in [0.25, 0.3) is 0 Å². The molecular weight excluding hydrogens is 851 g/mol. The average molecular weight is 894 g/mol. The van der Waals surface area contributed by atoms with Crippen molar-refractivity contribution < 1.29 is 4.42 Å². The molecule has 0 N–H and O–H groups in total. The number of benzene rings is 10. The highest BCUT2D eigenvalue weighted by atomic mass is 16.3. The highest BCUT2D eigenvalue weighted by Crippen LogP contribution is 2.43. The van der Waals surface area contributed by atoms with E-state index in [0.717, 1.165) is 45.3 Å². The molecule has 4 heteroatoms. The molecule has 0 fully saturated rings. The first-order valence-corrected chi connectivity index (χ1v) is 24.3. The molecule has 15 rings (SSSR count). The average Bonchev–Trinajstić information content (AvgIpc) is 4.17. The van der Waals surface area contributed by atoms with E-state index in [0.29, 0.717) is 0 Å². The van der Waals surface area contributed by atoms with Gasteiger partial charge in [0.05, 0.1) is 28.1 Å². The van der Waals surface area contributed by atoms with Gasteiger partial charge in [0.15, 0.2) is 0 Å². The highest BCUT2D eigenvalue weighted by Gasteiger charge is 2.22. The van der Waals surface area contributed by atoms with E-state index in [1.165, 1.54) is 93.2 Å². The highest BCUT2D eigenvalue weighted by molar-refractivity contribution is 6.15. The van der Waals surface area contributed by atoms with Gasteiger partial charge in [0.1, 0.15) is 11.2 Å². The maximum absolute atomic E-state index is 6.50. The van der Waals surface area contributed by atoms with E-state index in [-0.39, 0.29) is 6.04 Å². The molecule has 1 unspecified atom stereocenters. The number of allylic oxidation sites excluding steroid dienone is 4. The Morgan fingerprint density at radius 1 is 0.357 bits per heavy atom. The van der Waals surface area contributed by atoms with Crippen molar-refractivity contribution in [1.29, 1.82) is 0 Å². The van der Waals surface area contributed by atoms with E-state index < -0.39 is 0 Å². The van der Waals surface area contributed by atoms with E-state index in [2.05, 4.69) is 250 Å². The minimum Gasteiger partial charge on any atom is -0.455 e. The van der Waals surface area contributed by atoms with Crippen molar-refractivity contribution in [3.63, 3.8) is 0 Å². The lowest BCUT2D eigenvalue weighted by atomic mass is 9.95. The lowest BCUT2D eigenvalue weighted by Gasteiger charge is -2.21. The summed E-state index contributed by atoms with van der Waals surface area (Å²) in [4.78, 5) is 0. The van der Waals surface area contributed by atoms with Crippen LogP contribution in [0.4, 0.5) is 0 Å². The zero-order chi connectivity index (χ0) is 45.9. The lowest BCUT2D eigenvalue weighted by molar-refractivity contribution is 0.648. The first-order chi connectivity index (χ1) is 34.7. The van der Waals surface area contributed by atoms with Crippen molar-refractivity contribution in [1.82, 2.24) is 13.7 Å². The Hall–Kier alpha value is -9.12. The summed E-state index contributed by atoms with van der Waals surface area (Å²) in [6.07, 6.45) is 7.95. The second kappa shape index (κ2) is 15.2. The van der Waals surface area contributed by atoms with Gasteiger partial charge in [-0.1, -0.05) is 152 Å². The Balaban J connectivity index is 0.889. The molecule has 1 aliphatic rings. The molecule has 4 heterocycles.